The van der Waals surface area contributed by atoms with Crippen molar-refractivity contribution in [3.8, 4) is 5.75 Å². The lowest BCUT2D eigenvalue weighted by molar-refractivity contribution is -0.137. The van der Waals surface area contributed by atoms with Crippen LogP contribution in [0.5, 0.6) is 5.75 Å². The smallest absolute Gasteiger partial charge is 0.417 e. The fraction of sp³-hybridized carbons (Fsp3) is 0.400. The van der Waals surface area contributed by atoms with E-state index in [1.807, 2.05) is 6.92 Å². The van der Waals surface area contributed by atoms with E-state index in [4.69, 9.17) is 16.3 Å². The molecule has 0 amide bonds. The summed E-state index contributed by atoms with van der Waals surface area (Å²) in [6.07, 6.45) is -3.70. The van der Waals surface area contributed by atoms with Crippen LogP contribution in [-0.2, 0) is 6.18 Å². The Kier molecular flexibility index (Phi) is 3.85. The first-order valence-electron chi connectivity index (χ1n) is 4.44. The van der Waals surface area contributed by atoms with E-state index >= 15 is 0 Å². The standard InChI is InChI=1S/C10H10ClF3O/c1-2-5-15-7-3-4-9(11)8(6-7)10(12,13)14/h3-4,6H,2,5H2,1H3. The molecule has 0 radical (unpaired) electrons. The third-order valence-electron chi connectivity index (χ3n) is 1.72. The molecule has 0 atom stereocenters. The molecule has 0 aliphatic rings. The predicted molar refractivity (Wildman–Crippen MR) is 52.2 cm³/mol. The topological polar surface area (TPSA) is 9.23 Å². The van der Waals surface area contributed by atoms with Gasteiger partial charge in [-0.05, 0) is 24.6 Å². The summed E-state index contributed by atoms with van der Waals surface area (Å²) in [6.45, 7) is 2.26. The van der Waals surface area contributed by atoms with Gasteiger partial charge in [-0.15, -0.1) is 0 Å². The second-order valence-corrected chi connectivity index (χ2v) is 3.40. The van der Waals surface area contributed by atoms with Gasteiger partial charge in [-0.2, -0.15) is 13.2 Å². The van der Waals surface area contributed by atoms with Crippen LogP contribution < -0.4 is 4.74 Å². The second kappa shape index (κ2) is 4.75. The molecule has 0 bridgehead atoms. The molecule has 0 spiro atoms. The minimum Gasteiger partial charge on any atom is -0.494 e. The van der Waals surface area contributed by atoms with E-state index in [1.165, 1.54) is 12.1 Å². The van der Waals surface area contributed by atoms with Crippen molar-refractivity contribution >= 4 is 11.6 Å². The Bertz CT molecular complexity index is 336. The summed E-state index contributed by atoms with van der Waals surface area (Å²) in [5, 5.41) is -0.314. The molecule has 0 saturated carbocycles. The number of rotatable bonds is 3. The third-order valence-corrected chi connectivity index (χ3v) is 2.05. The molecule has 1 nitrogen and oxygen atoms in total. The molecule has 1 rings (SSSR count). The molecule has 0 fully saturated rings. The average molecular weight is 239 g/mol. The highest BCUT2D eigenvalue weighted by atomic mass is 35.5. The Balaban J connectivity index is 2.95. The molecule has 0 aliphatic heterocycles. The summed E-state index contributed by atoms with van der Waals surface area (Å²) in [4.78, 5) is 0. The van der Waals surface area contributed by atoms with E-state index in [9.17, 15) is 13.2 Å². The van der Waals surface area contributed by atoms with Gasteiger partial charge < -0.3 is 4.74 Å². The predicted octanol–water partition coefficient (Wildman–Crippen LogP) is 4.15. The summed E-state index contributed by atoms with van der Waals surface area (Å²) >= 11 is 5.44. The first kappa shape index (κ1) is 12.2. The van der Waals surface area contributed by atoms with Gasteiger partial charge in [0.1, 0.15) is 5.75 Å². The van der Waals surface area contributed by atoms with Crippen LogP contribution in [0.3, 0.4) is 0 Å². The summed E-state index contributed by atoms with van der Waals surface area (Å²) < 4.78 is 42.3. The maximum absolute atomic E-state index is 12.4. The molecule has 0 unspecified atom stereocenters. The summed E-state index contributed by atoms with van der Waals surface area (Å²) in [5.41, 5.74) is -0.863. The monoisotopic (exact) mass is 238 g/mol. The number of benzene rings is 1. The number of hydrogen-bond donors (Lipinski definition) is 0. The van der Waals surface area contributed by atoms with Crippen molar-refractivity contribution in [2.75, 3.05) is 6.61 Å². The van der Waals surface area contributed by atoms with Crippen molar-refractivity contribution in [3.05, 3.63) is 28.8 Å². The second-order valence-electron chi connectivity index (χ2n) is 2.99. The van der Waals surface area contributed by atoms with Crippen molar-refractivity contribution in [2.24, 2.45) is 0 Å². The van der Waals surface area contributed by atoms with Gasteiger partial charge in [0.2, 0.25) is 0 Å². The molecular weight excluding hydrogens is 229 g/mol. The molecule has 0 saturated heterocycles. The largest absolute Gasteiger partial charge is 0.494 e. The van der Waals surface area contributed by atoms with Crippen LogP contribution in [0.25, 0.3) is 0 Å². The van der Waals surface area contributed by atoms with Crippen LogP contribution in [-0.4, -0.2) is 6.61 Å². The quantitative estimate of drug-likeness (QED) is 0.769. The van der Waals surface area contributed by atoms with Crippen LogP contribution in [0.2, 0.25) is 5.02 Å². The van der Waals surface area contributed by atoms with Crippen molar-refractivity contribution in [3.63, 3.8) is 0 Å². The van der Waals surface area contributed by atoms with E-state index in [0.717, 1.165) is 12.5 Å². The van der Waals surface area contributed by atoms with Crippen molar-refractivity contribution in [1.82, 2.24) is 0 Å². The Morgan fingerprint density at radius 2 is 2.00 bits per heavy atom. The molecular formula is C10H10ClF3O. The number of ether oxygens (including phenoxy) is 1. The minimum atomic E-state index is -4.44. The van der Waals surface area contributed by atoms with Gasteiger partial charge in [-0.3, -0.25) is 0 Å². The SMILES string of the molecule is CCCOc1ccc(Cl)c(C(F)(F)F)c1. The third kappa shape index (κ3) is 3.30. The molecule has 15 heavy (non-hydrogen) atoms. The van der Waals surface area contributed by atoms with Gasteiger partial charge in [0.15, 0.2) is 0 Å². The summed E-state index contributed by atoms with van der Waals surface area (Å²) in [6, 6.07) is 3.53. The number of hydrogen-bond acceptors (Lipinski definition) is 1. The molecule has 0 aromatic heterocycles. The highest BCUT2D eigenvalue weighted by Gasteiger charge is 2.33. The lowest BCUT2D eigenvalue weighted by Gasteiger charge is -2.11. The maximum Gasteiger partial charge on any atom is 0.417 e. The number of halogens is 4. The molecule has 1 aromatic carbocycles. The summed E-state index contributed by atoms with van der Waals surface area (Å²) in [5.74, 6) is 0.188. The van der Waals surface area contributed by atoms with E-state index in [-0.39, 0.29) is 10.8 Å². The maximum atomic E-state index is 12.4. The fourth-order valence-corrected chi connectivity index (χ4v) is 1.26. The van der Waals surface area contributed by atoms with Gasteiger partial charge in [0.05, 0.1) is 17.2 Å². The Labute approximate surface area is 90.8 Å². The average Bonchev–Trinajstić information content (AvgIpc) is 2.15. The van der Waals surface area contributed by atoms with E-state index in [0.29, 0.717) is 6.61 Å². The Hall–Kier alpha value is -0.900. The highest BCUT2D eigenvalue weighted by Crippen LogP contribution is 2.36. The van der Waals surface area contributed by atoms with Crippen LogP contribution >= 0.6 is 11.6 Å². The van der Waals surface area contributed by atoms with Crippen molar-refractivity contribution < 1.29 is 17.9 Å². The van der Waals surface area contributed by atoms with Gasteiger partial charge in [-0.1, -0.05) is 18.5 Å². The highest BCUT2D eigenvalue weighted by molar-refractivity contribution is 6.31. The van der Waals surface area contributed by atoms with Gasteiger partial charge in [0, 0.05) is 0 Å². The van der Waals surface area contributed by atoms with Crippen molar-refractivity contribution in [1.29, 1.82) is 0 Å². The molecule has 0 aliphatic carbocycles. The zero-order valence-corrected chi connectivity index (χ0v) is 8.82. The van der Waals surface area contributed by atoms with E-state index in [1.54, 1.807) is 0 Å². The van der Waals surface area contributed by atoms with Gasteiger partial charge in [0.25, 0.3) is 0 Å². The summed E-state index contributed by atoms with van der Waals surface area (Å²) in [7, 11) is 0. The molecule has 0 N–H and O–H groups in total. The zero-order chi connectivity index (χ0) is 11.5. The molecule has 0 heterocycles. The van der Waals surface area contributed by atoms with Crippen molar-refractivity contribution in [2.45, 2.75) is 19.5 Å². The first-order valence-corrected chi connectivity index (χ1v) is 4.82. The molecule has 84 valence electrons. The van der Waals surface area contributed by atoms with Gasteiger partial charge >= 0.3 is 6.18 Å². The van der Waals surface area contributed by atoms with Crippen LogP contribution in [0.4, 0.5) is 13.2 Å². The van der Waals surface area contributed by atoms with Gasteiger partial charge in [-0.25, -0.2) is 0 Å². The zero-order valence-electron chi connectivity index (χ0n) is 8.07. The molecule has 5 heteroatoms. The van der Waals surface area contributed by atoms with E-state index < -0.39 is 11.7 Å². The first-order chi connectivity index (χ1) is 6.95. The lowest BCUT2D eigenvalue weighted by atomic mass is 10.2. The Morgan fingerprint density at radius 3 is 2.53 bits per heavy atom. The fourth-order valence-electron chi connectivity index (χ4n) is 1.03. The van der Waals surface area contributed by atoms with Crippen LogP contribution in [0.1, 0.15) is 18.9 Å². The van der Waals surface area contributed by atoms with Crippen LogP contribution in [0, 0.1) is 0 Å². The lowest BCUT2D eigenvalue weighted by Crippen LogP contribution is -2.06. The normalized spacial score (nSPS) is 11.5. The Morgan fingerprint density at radius 1 is 1.33 bits per heavy atom. The number of alkyl halides is 3. The minimum absolute atomic E-state index is 0.188. The molecule has 1 aromatic rings. The van der Waals surface area contributed by atoms with E-state index in [2.05, 4.69) is 0 Å². The van der Waals surface area contributed by atoms with Crippen LogP contribution in [0.15, 0.2) is 18.2 Å².